The molecule has 2 aliphatic carbocycles. The van der Waals surface area contributed by atoms with Crippen LogP contribution >= 0.6 is 0 Å². The van der Waals surface area contributed by atoms with E-state index in [9.17, 15) is 14.7 Å². The average Bonchev–Trinajstić information content (AvgIpc) is 3.40. The Morgan fingerprint density at radius 3 is 2.42 bits per heavy atom. The highest BCUT2D eigenvalue weighted by Gasteiger charge is 2.35. The fourth-order valence-electron chi connectivity index (χ4n) is 3.44. The first-order chi connectivity index (χ1) is 11.5. The molecule has 0 heterocycles. The zero-order valence-corrected chi connectivity index (χ0v) is 14.3. The summed E-state index contributed by atoms with van der Waals surface area (Å²) >= 11 is 0. The van der Waals surface area contributed by atoms with Crippen LogP contribution in [-0.2, 0) is 9.59 Å². The lowest BCUT2D eigenvalue weighted by atomic mass is 9.81. The second-order valence-corrected chi connectivity index (χ2v) is 7.17. The van der Waals surface area contributed by atoms with Gasteiger partial charge in [0.2, 0.25) is 11.8 Å². The van der Waals surface area contributed by atoms with Gasteiger partial charge in [-0.15, -0.1) is 0 Å². The van der Waals surface area contributed by atoms with Gasteiger partial charge >= 0.3 is 0 Å². The SMILES string of the molecule is C[C@@H]1CC[C@H](NC(=O)[C@@H](NC(=O)C2CC2)[C@H](C)O)c2ccccc21. The van der Waals surface area contributed by atoms with E-state index in [1.165, 1.54) is 12.5 Å². The zero-order chi connectivity index (χ0) is 17.3. The first kappa shape index (κ1) is 17.0. The lowest BCUT2D eigenvalue weighted by molar-refractivity contribution is -0.132. The molecular formula is C19H26N2O3. The van der Waals surface area contributed by atoms with E-state index < -0.39 is 12.1 Å². The Bertz CT molecular complexity index is 625. The van der Waals surface area contributed by atoms with Gasteiger partial charge in [0.1, 0.15) is 6.04 Å². The van der Waals surface area contributed by atoms with Gasteiger partial charge in [0.15, 0.2) is 0 Å². The van der Waals surface area contributed by atoms with Crippen molar-refractivity contribution in [2.75, 3.05) is 0 Å². The van der Waals surface area contributed by atoms with Gasteiger partial charge in [0.25, 0.3) is 0 Å². The number of carbonyl (C=O) groups excluding carboxylic acids is 2. The van der Waals surface area contributed by atoms with Crippen LogP contribution in [-0.4, -0.2) is 29.1 Å². The maximum absolute atomic E-state index is 12.6. The van der Waals surface area contributed by atoms with Crippen molar-refractivity contribution in [1.82, 2.24) is 10.6 Å². The summed E-state index contributed by atoms with van der Waals surface area (Å²) in [5, 5.41) is 15.7. The molecule has 1 fully saturated rings. The fraction of sp³-hybridized carbons (Fsp3) is 0.579. The van der Waals surface area contributed by atoms with Crippen molar-refractivity contribution < 1.29 is 14.7 Å². The van der Waals surface area contributed by atoms with Crippen LogP contribution in [0.15, 0.2) is 24.3 Å². The van der Waals surface area contributed by atoms with E-state index in [1.54, 1.807) is 0 Å². The first-order valence-corrected chi connectivity index (χ1v) is 8.85. The van der Waals surface area contributed by atoms with Crippen LogP contribution in [0, 0.1) is 5.92 Å². The summed E-state index contributed by atoms with van der Waals surface area (Å²) < 4.78 is 0. The number of aliphatic hydroxyl groups excluding tert-OH is 1. The fourth-order valence-corrected chi connectivity index (χ4v) is 3.44. The molecule has 0 spiro atoms. The van der Waals surface area contributed by atoms with Crippen LogP contribution in [0.3, 0.4) is 0 Å². The number of amides is 2. The minimum Gasteiger partial charge on any atom is -0.391 e. The quantitative estimate of drug-likeness (QED) is 0.773. The Kier molecular flexibility index (Phi) is 4.90. The van der Waals surface area contributed by atoms with E-state index in [1.807, 2.05) is 12.1 Å². The monoisotopic (exact) mass is 330 g/mol. The lowest BCUT2D eigenvalue weighted by Crippen LogP contribution is -2.53. The maximum atomic E-state index is 12.6. The summed E-state index contributed by atoms with van der Waals surface area (Å²) in [6, 6.07) is 7.20. The minimum absolute atomic E-state index is 0.00954. The Balaban J connectivity index is 1.70. The molecule has 4 atom stereocenters. The molecule has 1 saturated carbocycles. The van der Waals surface area contributed by atoms with Gasteiger partial charge in [-0.25, -0.2) is 0 Å². The highest BCUT2D eigenvalue weighted by atomic mass is 16.3. The van der Waals surface area contributed by atoms with Gasteiger partial charge in [-0.2, -0.15) is 0 Å². The molecule has 5 nitrogen and oxygen atoms in total. The third kappa shape index (κ3) is 3.61. The molecule has 5 heteroatoms. The van der Waals surface area contributed by atoms with Crippen LogP contribution in [0.5, 0.6) is 0 Å². The third-order valence-electron chi connectivity index (χ3n) is 5.12. The molecule has 0 aromatic heterocycles. The molecule has 24 heavy (non-hydrogen) atoms. The topological polar surface area (TPSA) is 78.4 Å². The smallest absolute Gasteiger partial charge is 0.245 e. The zero-order valence-electron chi connectivity index (χ0n) is 14.3. The molecule has 3 rings (SSSR count). The second-order valence-electron chi connectivity index (χ2n) is 7.17. The van der Waals surface area contributed by atoms with Crippen molar-refractivity contribution >= 4 is 11.8 Å². The van der Waals surface area contributed by atoms with Crippen molar-refractivity contribution in [2.24, 2.45) is 5.92 Å². The molecule has 0 aliphatic heterocycles. The van der Waals surface area contributed by atoms with E-state index in [0.29, 0.717) is 5.92 Å². The Labute approximate surface area is 142 Å². The highest BCUT2D eigenvalue weighted by Crippen LogP contribution is 2.37. The van der Waals surface area contributed by atoms with Gasteiger partial charge < -0.3 is 15.7 Å². The molecule has 130 valence electrons. The van der Waals surface area contributed by atoms with Crippen LogP contribution < -0.4 is 10.6 Å². The normalized spacial score (nSPS) is 25.3. The largest absolute Gasteiger partial charge is 0.391 e. The lowest BCUT2D eigenvalue weighted by Gasteiger charge is -2.32. The van der Waals surface area contributed by atoms with Crippen molar-refractivity contribution in [1.29, 1.82) is 0 Å². The number of nitrogens with one attached hydrogen (secondary N) is 2. The molecule has 1 aromatic carbocycles. The van der Waals surface area contributed by atoms with Crippen molar-refractivity contribution in [3.8, 4) is 0 Å². The predicted octanol–water partition coefficient (Wildman–Crippen LogP) is 2.02. The maximum Gasteiger partial charge on any atom is 0.245 e. The molecule has 2 aliphatic rings. The molecule has 0 radical (unpaired) electrons. The number of rotatable bonds is 5. The van der Waals surface area contributed by atoms with Crippen LogP contribution in [0.2, 0.25) is 0 Å². The summed E-state index contributed by atoms with van der Waals surface area (Å²) in [4.78, 5) is 24.6. The summed E-state index contributed by atoms with van der Waals surface area (Å²) in [5.41, 5.74) is 2.41. The molecule has 0 unspecified atom stereocenters. The number of aliphatic hydroxyl groups is 1. The summed E-state index contributed by atoms with van der Waals surface area (Å²) in [7, 11) is 0. The van der Waals surface area contributed by atoms with Gasteiger partial charge in [0.05, 0.1) is 12.1 Å². The van der Waals surface area contributed by atoms with Crippen molar-refractivity contribution in [3.05, 3.63) is 35.4 Å². The molecule has 1 aromatic rings. The Hall–Kier alpha value is -1.88. The average molecular weight is 330 g/mol. The molecule has 0 saturated heterocycles. The van der Waals surface area contributed by atoms with E-state index >= 15 is 0 Å². The summed E-state index contributed by atoms with van der Waals surface area (Å²) in [6.07, 6.45) is 2.69. The summed E-state index contributed by atoms with van der Waals surface area (Å²) in [6.45, 7) is 3.74. The number of benzene rings is 1. The second kappa shape index (κ2) is 6.93. The van der Waals surface area contributed by atoms with Crippen LogP contribution in [0.1, 0.15) is 62.6 Å². The van der Waals surface area contributed by atoms with E-state index in [4.69, 9.17) is 0 Å². The molecule has 3 N–H and O–H groups in total. The van der Waals surface area contributed by atoms with E-state index in [-0.39, 0.29) is 23.8 Å². The first-order valence-electron chi connectivity index (χ1n) is 8.85. The van der Waals surface area contributed by atoms with E-state index in [2.05, 4.69) is 29.7 Å². The number of fused-ring (bicyclic) bond motifs is 1. The van der Waals surface area contributed by atoms with Gasteiger partial charge in [-0.3, -0.25) is 9.59 Å². The predicted molar refractivity (Wildman–Crippen MR) is 91.3 cm³/mol. The van der Waals surface area contributed by atoms with Gasteiger partial charge in [-0.05, 0) is 49.7 Å². The molecule has 2 amide bonds. The van der Waals surface area contributed by atoms with Crippen LogP contribution in [0.25, 0.3) is 0 Å². The summed E-state index contributed by atoms with van der Waals surface area (Å²) in [5.74, 6) is 0.0499. The minimum atomic E-state index is -0.926. The van der Waals surface area contributed by atoms with Crippen molar-refractivity contribution in [3.63, 3.8) is 0 Å². The molecule has 0 bridgehead atoms. The number of hydrogen-bond acceptors (Lipinski definition) is 3. The molecular weight excluding hydrogens is 304 g/mol. The van der Waals surface area contributed by atoms with Gasteiger partial charge in [-0.1, -0.05) is 31.2 Å². The van der Waals surface area contributed by atoms with Crippen molar-refractivity contribution in [2.45, 2.75) is 63.6 Å². The van der Waals surface area contributed by atoms with Gasteiger partial charge in [0, 0.05) is 5.92 Å². The number of carbonyl (C=O) groups is 2. The third-order valence-corrected chi connectivity index (χ3v) is 5.12. The van der Waals surface area contributed by atoms with Crippen LogP contribution in [0.4, 0.5) is 0 Å². The number of hydrogen-bond donors (Lipinski definition) is 3. The Morgan fingerprint density at radius 2 is 1.79 bits per heavy atom. The Morgan fingerprint density at radius 1 is 1.12 bits per heavy atom. The van der Waals surface area contributed by atoms with E-state index in [0.717, 1.165) is 31.2 Å². The standard InChI is InChI=1S/C19H26N2O3/c1-11-7-10-16(15-6-4-3-5-14(11)15)20-19(24)17(12(2)22)21-18(23)13-8-9-13/h3-6,11-13,16-17,22H,7-10H2,1-2H3,(H,20,24)(H,21,23)/t11-,12+,16+,17+/m1/s1. The highest BCUT2D eigenvalue weighted by molar-refractivity contribution is 5.90.